The molecule has 6 nitrogen and oxygen atoms in total. The summed E-state index contributed by atoms with van der Waals surface area (Å²) in [6, 6.07) is 0. The Morgan fingerprint density at radius 2 is 1.88 bits per heavy atom. The maximum absolute atomic E-state index is 10.6. The second-order valence-electron chi connectivity index (χ2n) is 2.36. The third-order valence-corrected chi connectivity index (χ3v) is 0.936. The molecule has 1 atom stereocenters. The zero-order valence-corrected chi connectivity index (χ0v) is 10.8. The van der Waals surface area contributed by atoms with Gasteiger partial charge in [0, 0.05) is 0 Å². The molecule has 0 aromatic heterocycles. The van der Waals surface area contributed by atoms with E-state index in [2.05, 4.69) is 44.7 Å². The van der Waals surface area contributed by atoms with Gasteiger partial charge in [-0.05, 0) is 13.5 Å². The average Bonchev–Trinajstić information content (AvgIpc) is 2.30. The molecule has 1 N–H and O–H groups in total. The second-order valence-corrected chi connectivity index (χ2v) is 2.36. The molecule has 0 rings (SSSR count). The van der Waals surface area contributed by atoms with Gasteiger partial charge in [-0.2, -0.15) is 6.92 Å². The summed E-state index contributed by atoms with van der Waals surface area (Å²) >= 11 is 2.31. The van der Waals surface area contributed by atoms with Crippen molar-refractivity contribution in [2.45, 2.75) is 20.0 Å². The Hall–Kier alpha value is -1.05. The summed E-state index contributed by atoms with van der Waals surface area (Å²) in [5.41, 5.74) is 0. The molecular formula is C10H16CoO6-2. The number of ether oxygens (including phenoxy) is 2. The Balaban J connectivity index is -0.000000337. The van der Waals surface area contributed by atoms with Crippen LogP contribution in [0.2, 0.25) is 0 Å². The number of carbonyl (C=O) groups is 2. The molecule has 0 amide bonds. The van der Waals surface area contributed by atoms with E-state index in [0.29, 0.717) is 0 Å². The number of rotatable bonds is 4. The van der Waals surface area contributed by atoms with Gasteiger partial charge in [0.15, 0.2) is 6.61 Å². The van der Waals surface area contributed by atoms with Crippen molar-refractivity contribution in [2.75, 3.05) is 13.2 Å². The first-order chi connectivity index (χ1) is 7.99. The monoisotopic (exact) mass is 291 g/mol. The molecule has 1 unspecified atom stereocenters. The SMILES string of the molecule is C=[C-]C.[CH2-]COC(=O)COC(=O)C(C)O.[O]=[Co]. The third-order valence-electron chi connectivity index (χ3n) is 0.936. The fourth-order valence-electron chi connectivity index (χ4n) is 0.406. The van der Waals surface area contributed by atoms with E-state index in [-0.39, 0.29) is 6.61 Å². The number of aliphatic hydroxyl groups is 1. The van der Waals surface area contributed by atoms with Crippen LogP contribution >= 0.6 is 0 Å². The van der Waals surface area contributed by atoms with Crippen LogP contribution in [-0.2, 0) is 38.6 Å². The van der Waals surface area contributed by atoms with Gasteiger partial charge < -0.3 is 27.6 Å². The predicted molar refractivity (Wildman–Crippen MR) is 54.2 cm³/mol. The summed E-state index contributed by atoms with van der Waals surface area (Å²) in [6.07, 6.45) is 1.28. The number of carbonyl (C=O) groups excluding carboxylic acids is 2. The zero-order valence-electron chi connectivity index (χ0n) is 9.73. The Kier molecular flexibility index (Phi) is 21.7. The van der Waals surface area contributed by atoms with E-state index in [9.17, 15) is 9.59 Å². The summed E-state index contributed by atoms with van der Waals surface area (Å²) in [7, 11) is 0. The van der Waals surface area contributed by atoms with Gasteiger partial charge in [0.25, 0.3) is 0 Å². The summed E-state index contributed by atoms with van der Waals surface area (Å²) in [5.74, 6) is -1.53. The van der Waals surface area contributed by atoms with Gasteiger partial charge >= 0.3 is 31.5 Å². The zero-order chi connectivity index (χ0) is 14.3. The minimum absolute atomic E-state index is 0.00887. The number of hydrogen-bond acceptors (Lipinski definition) is 6. The van der Waals surface area contributed by atoms with Crippen molar-refractivity contribution in [1.29, 1.82) is 0 Å². The van der Waals surface area contributed by atoms with Crippen LogP contribution in [0, 0.1) is 13.0 Å². The topological polar surface area (TPSA) is 89.9 Å². The Labute approximate surface area is 109 Å². The molecule has 17 heavy (non-hydrogen) atoms. The van der Waals surface area contributed by atoms with E-state index >= 15 is 0 Å². The van der Waals surface area contributed by atoms with Crippen molar-refractivity contribution >= 4 is 11.9 Å². The molecule has 0 bridgehead atoms. The number of hydrogen-bond donors (Lipinski definition) is 1. The van der Waals surface area contributed by atoms with E-state index in [0.717, 1.165) is 0 Å². The maximum atomic E-state index is 10.6. The molecular weight excluding hydrogens is 275 g/mol. The Bertz CT molecular complexity index is 217. The number of esters is 2. The van der Waals surface area contributed by atoms with Crippen LogP contribution in [0.15, 0.2) is 6.58 Å². The standard InChI is InChI=1S/C7H11O5.C3H5.Co.O/c1-3-11-6(9)4-12-7(10)5(2)8;1-3-2;;/h5,8H,1,3-4H2,2H3;1H2,2H3;;/q2*-1;;. The first-order valence-electron chi connectivity index (χ1n) is 4.36. The number of aliphatic hydroxyl groups excluding tert-OH is 1. The first-order valence-corrected chi connectivity index (χ1v) is 4.79. The molecule has 0 radical (unpaired) electrons. The molecule has 0 aliphatic heterocycles. The molecule has 0 aromatic rings. The van der Waals surface area contributed by atoms with Crippen molar-refractivity contribution < 1.29 is 43.7 Å². The normalized spacial score (nSPS) is 9.47. The van der Waals surface area contributed by atoms with Crippen LogP contribution in [0.3, 0.4) is 0 Å². The molecule has 0 aliphatic rings. The van der Waals surface area contributed by atoms with E-state index in [1.165, 1.54) is 6.92 Å². The predicted octanol–water partition coefficient (Wildman–Crippen LogP) is 0.162. The van der Waals surface area contributed by atoms with Gasteiger partial charge in [0.2, 0.25) is 0 Å². The molecule has 0 saturated heterocycles. The van der Waals surface area contributed by atoms with E-state index in [1.807, 2.05) is 0 Å². The molecule has 0 aromatic carbocycles. The van der Waals surface area contributed by atoms with E-state index in [4.69, 9.17) is 8.97 Å². The van der Waals surface area contributed by atoms with Crippen molar-refractivity contribution in [2.24, 2.45) is 0 Å². The van der Waals surface area contributed by atoms with Crippen molar-refractivity contribution in [3.05, 3.63) is 19.6 Å². The second kappa shape index (κ2) is 17.3. The van der Waals surface area contributed by atoms with Crippen molar-refractivity contribution in [3.63, 3.8) is 0 Å². The van der Waals surface area contributed by atoms with Crippen LogP contribution in [0.1, 0.15) is 13.8 Å². The van der Waals surface area contributed by atoms with Gasteiger partial charge in [-0.1, -0.05) is 0 Å². The first kappa shape index (κ1) is 21.3. The Morgan fingerprint density at radius 1 is 1.47 bits per heavy atom. The average molecular weight is 291 g/mol. The summed E-state index contributed by atoms with van der Waals surface area (Å²) in [5, 5.41) is 8.62. The van der Waals surface area contributed by atoms with Gasteiger partial charge in [-0.3, -0.25) is 6.58 Å². The van der Waals surface area contributed by atoms with Crippen LogP contribution in [-0.4, -0.2) is 36.4 Å². The molecule has 0 aliphatic carbocycles. The fourth-order valence-corrected chi connectivity index (χ4v) is 0.406. The molecule has 0 spiro atoms. The quantitative estimate of drug-likeness (QED) is 0.586. The molecule has 0 fully saturated rings. The molecule has 7 heteroatoms. The van der Waals surface area contributed by atoms with Crippen LogP contribution in [0.5, 0.6) is 0 Å². The van der Waals surface area contributed by atoms with E-state index in [1.54, 1.807) is 6.92 Å². The van der Waals surface area contributed by atoms with E-state index < -0.39 is 24.6 Å². The van der Waals surface area contributed by atoms with Crippen LogP contribution in [0.25, 0.3) is 0 Å². The summed E-state index contributed by atoms with van der Waals surface area (Å²) in [6.45, 7) is 9.00. The van der Waals surface area contributed by atoms with Crippen molar-refractivity contribution in [1.82, 2.24) is 0 Å². The fraction of sp³-hybridized carbons (Fsp3) is 0.500. The molecule has 0 saturated carbocycles. The van der Waals surface area contributed by atoms with Crippen molar-refractivity contribution in [3.8, 4) is 0 Å². The number of allylic oxidation sites excluding steroid dienone is 1. The third kappa shape index (κ3) is 20.9. The summed E-state index contributed by atoms with van der Waals surface area (Å²) < 4.78 is 16.6. The van der Waals surface area contributed by atoms with Crippen LogP contribution < -0.4 is 0 Å². The van der Waals surface area contributed by atoms with Gasteiger partial charge in [-0.15, -0.1) is 0 Å². The van der Waals surface area contributed by atoms with Gasteiger partial charge in [-0.25, -0.2) is 9.59 Å². The Morgan fingerprint density at radius 3 is 2.18 bits per heavy atom. The van der Waals surface area contributed by atoms with Gasteiger partial charge in [0.1, 0.15) is 6.10 Å². The molecule has 103 valence electrons. The van der Waals surface area contributed by atoms with Crippen LogP contribution in [0.4, 0.5) is 0 Å². The van der Waals surface area contributed by atoms with Gasteiger partial charge in [0.05, 0.1) is 0 Å². The molecule has 0 heterocycles. The summed E-state index contributed by atoms with van der Waals surface area (Å²) in [4.78, 5) is 21.1. The minimum atomic E-state index is -1.22.